The first-order valence-corrected chi connectivity index (χ1v) is 5.04. The van der Waals surface area contributed by atoms with Crippen molar-refractivity contribution in [3.05, 3.63) is 50.1 Å². The van der Waals surface area contributed by atoms with Gasteiger partial charge in [-0.05, 0) is 6.07 Å². The van der Waals surface area contributed by atoms with Crippen molar-refractivity contribution in [2.24, 2.45) is 0 Å². The van der Waals surface area contributed by atoms with Crippen LogP contribution in [-0.2, 0) is 0 Å². The van der Waals surface area contributed by atoms with Crippen LogP contribution in [0.3, 0.4) is 0 Å². The van der Waals surface area contributed by atoms with Gasteiger partial charge in [0.05, 0.1) is 10.5 Å². The molecule has 17 heavy (non-hydrogen) atoms. The molecule has 0 fully saturated rings. The number of nitrogens with zero attached hydrogens (tertiary/aromatic N) is 2. The minimum atomic E-state index is -1.48. The molecule has 0 saturated carbocycles. The van der Waals surface area contributed by atoms with E-state index < -0.39 is 22.0 Å². The first-order chi connectivity index (χ1) is 7.99. The number of hydrogen-bond donors (Lipinski definition) is 1. The van der Waals surface area contributed by atoms with Gasteiger partial charge in [0, 0.05) is 17.4 Å². The fourth-order valence-corrected chi connectivity index (χ4v) is 1.60. The van der Waals surface area contributed by atoms with E-state index in [0.29, 0.717) is 0 Å². The summed E-state index contributed by atoms with van der Waals surface area (Å²) in [6.45, 7) is 1.55. The smallest absolute Gasteiger partial charge is 0.275 e. The van der Waals surface area contributed by atoms with Crippen LogP contribution in [0.4, 0.5) is 5.69 Å². The van der Waals surface area contributed by atoms with Gasteiger partial charge in [0.1, 0.15) is 0 Å². The zero-order valence-electron chi connectivity index (χ0n) is 9.15. The van der Waals surface area contributed by atoms with Gasteiger partial charge < -0.3 is 5.11 Å². The molecule has 0 aromatic heterocycles. The van der Waals surface area contributed by atoms with Crippen LogP contribution < -0.4 is 0 Å². The van der Waals surface area contributed by atoms with Gasteiger partial charge in [-0.2, -0.15) is 0 Å². The van der Waals surface area contributed by atoms with E-state index in [1.54, 1.807) is 6.92 Å². The molecule has 7 heteroatoms. The second-order valence-corrected chi connectivity index (χ2v) is 3.52. The number of hydrogen-bond acceptors (Lipinski definition) is 5. The zero-order valence-corrected chi connectivity index (χ0v) is 9.15. The van der Waals surface area contributed by atoms with Crippen molar-refractivity contribution >= 4 is 5.69 Å². The van der Waals surface area contributed by atoms with E-state index in [9.17, 15) is 25.3 Å². The summed E-state index contributed by atoms with van der Waals surface area (Å²) in [5.74, 6) is 0. The molecule has 7 nitrogen and oxygen atoms in total. The Balaban J connectivity index is 3.15. The molecule has 1 aromatic rings. The molecule has 0 aliphatic carbocycles. The quantitative estimate of drug-likeness (QED) is 0.622. The predicted molar refractivity (Wildman–Crippen MR) is 59.1 cm³/mol. The molecular formula is C10H12N2O5. The van der Waals surface area contributed by atoms with Crippen LogP contribution in [0.5, 0.6) is 0 Å². The summed E-state index contributed by atoms with van der Waals surface area (Å²) in [6.07, 6.45) is -1.38. The van der Waals surface area contributed by atoms with Crippen molar-refractivity contribution in [3.8, 4) is 0 Å². The number of nitro benzene ring substituents is 1. The highest BCUT2D eigenvalue weighted by Gasteiger charge is 2.33. The molecule has 2 atom stereocenters. The highest BCUT2D eigenvalue weighted by molar-refractivity contribution is 5.41. The summed E-state index contributed by atoms with van der Waals surface area (Å²) in [5.41, 5.74) is -0.332. The lowest BCUT2D eigenvalue weighted by molar-refractivity contribution is -0.536. The molecule has 0 spiro atoms. The van der Waals surface area contributed by atoms with Crippen LogP contribution in [0.1, 0.15) is 25.0 Å². The fraction of sp³-hybridized carbons (Fsp3) is 0.400. The molecule has 1 rings (SSSR count). The number of aliphatic hydroxyl groups is 1. The predicted octanol–water partition coefficient (Wildman–Crippen LogP) is 1.68. The Morgan fingerprint density at radius 3 is 2.35 bits per heavy atom. The monoisotopic (exact) mass is 240 g/mol. The standard InChI is InChI=1S/C10H12N2O5/c1-2-8(11(14)15)10(13)7-5-3-4-6-9(7)12(16)17/h3-6,8,10,13H,2H2,1H3/t8-,10+/m1/s1. The first kappa shape index (κ1) is 13.0. The van der Waals surface area contributed by atoms with Gasteiger partial charge in [0.25, 0.3) is 5.69 Å². The average Bonchev–Trinajstić information content (AvgIpc) is 2.29. The van der Waals surface area contributed by atoms with Crippen molar-refractivity contribution in [2.75, 3.05) is 0 Å². The molecule has 0 radical (unpaired) electrons. The number of aliphatic hydroxyl groups excluding tert-OH is 1. The van der Waals surface area contributed by atoms with Crippen LogP contribution in [0.2, 0.25) is 0 Å². The van der Waals surface area contributed by atoms with Crippen LogP contribution in [0, 0.1) is 20.2 Å². The summed E-state index contributed by atoms with van der Waals surface area (Å²) < 4.78 is 0. The van der Waals surface area contributed by atoms with Crippen molar-refractivity contribution < 1.29 is 15.0 Å². The molecule has 0 heterocycles. The summed E-state index contributed by atoms with van der Waals surface area (Å²) >= 11 is 0. The lowest BCUT2D eigenvalue weighted by atomic mass is 9.99. The van der Waals surface area contributed by atoms with Crippen molar-refractivity contribution in [2.45, 2.75) is 25.5 Å². The third-order valence-electron chi connectivity index (χ3n) is 2.51. The second kappa shape index (κ2) is 5.35. The van der Waals surface area contributed by atoms with Gasteiger partial charge in [-0.1, -0.05) is 19.1 Å². The molecule has 0 bridgehead atoms. The van der Waals surface area contributed by atoms with E-state index in [1.807, 2.05) is 0 Å². The maximum absolute atomic E-state index is 10.7. The molecule has 0 saturated heterocycles. The maximum atomic E-state index is 10.7. The SMILES string of the molecule is CC[C@H]([C@@H](O)c1ccccc1[N+](=O)[O-])[N+](=O)[O-]. The van der Waals surface area contributed by atoms with Crippen LogP contribution in [-0.4, -0.2) is 21.0 Å². The summed E-state index contributed by atoms with van der Waals surface area (Å²) in [5, 5.41) is 31.3. The zero-order chi connectivity index (χ0) is 13.0. The molecule has 92 valence electrons. The van der Waals surface area contributed by atoms with Crippen LogP contribution in [0.25, 0.3) is 0 Å². The highest BCUT2D eigenvalue weighted by atomic mass is 16.6. The van der Waals surface area contributed by atoms with Gasteiger partial charge in [0.2, 0.25) is 6.04 Å². The Hall–Kier alpha value is -2.02. The molecule has 1 aromatic carbocycles. The molecule has 0 amide bonds. The first-order valence-electron chi connectivity index (χ1n) is 5.04. The Bertz CT molecular complexity index is 434. The van der Waals surface area contributed by atoms with E-state index in [0.717, 1.165) is 0 Å². The fourth-order valence-electron chi connectivity index (χ4n) is 1.60. The van der Waals surface area contributed by atoms with E-state index in [4.69, 9.17) is 0 Å². The molecular weight excluding hydrogens is 228 g/mol. The van der Waals surface area contributed by atoms with E-state index in [-0.39, 0.29) is 17.7 Å². The van der Waals surface area contributed by atoms with E-state index in [2.05, 4.69) is 0 Å². The number of rotatable bonds is 5. The highest BCUT2D eigenvalue weighted by Crippen LogP contribution is 2.28. The Labute approximate surface area is 97.0 Å². The number of benzene rings is 1. The van der Waals surface area contributed by atoms with Gasteiger partial charge in [0.15, 0.2) is 6.10 Å². The third kappa shape index (κ3) is 2.76. The van der Waals surface area contributed by atoms with E-state index >= 15 is 0 Å². The normalized spacial score (nSPS) is 14.0. The second-order valence-electron chi connectivity index (χ2n) is 3.52. The number of para-hydroxylation sites is 1. The van der Waals surface area contributed by atoms with Crippen LogP contribution >= 0.6 is 0 Å². The minimum Gasteiger partial charge on any atom is -0.381 e. The van der Waals surface area contributed by atoms with Gasteiger partial charge in [-0.25, -0.2) is 0 Å². The Morgan fingerprint density at radius 1 is 1.29 bits per heavy atom. The minimum absolute atomic E-state index is 0.0268. The Kier molecular flexibility index (Phi) is 4.11. The molecule has 0 aliphatic rings. The van der Waals surface area contributed by atoms with Gasteiger partial charge >= 0.3 is 0 Å². The molecule has 0 unspecified atom stereocenters. The maximum Gasteiger partial charge on any atom is 0.275 e. The largest absolute Gasteiger partial charge is 0.381 e. The molecule has 1 N–H and O–H groups in total. The lowest BCUT2D eigenvalue weighted by Crippen LogP contribution is -2.27. The van der Waals surface area contributed by atoms with Gasteiger partial charge in [-0.15, -0.1) is 0 Å². The van der Waals surface area contributed by atoms with Crippen molar-refractivity contribution in [1.29, 1.82) is 0 Å². The number of nitro groups is 2. The summed E-state index contributed by atoms with van der Waals surface area (Å²) in [7, 11) is 0. The third-order valence-corrected chi connectivity index (χ3v) is 2.51. The average molecular weight is 240 g/mol. The summed E-state index contributed by atoms with van der Waals surface area (Å²) in [4.78, 5) is 20.1. The van der Waals surface area contributed by atoms with E-state index in [1.165, 1.54) is 24.3 Å². The van der Waals surface area contributed by atoms with Gasteiger partial charge in [-0.3, -0.25) is 20.2 Å². The summed E-state index contributed by atoms with van der Waals surface area (Å²) in [6, 6.07) is 4.25. The topological polar surface area (TPSA) is 107 Å². The Morgan fingerprint density at radius 2 is 1.88 bits per heavy atom. The van der Waals surface area contributed by atoms with Crippen LogP contribution in [0.15, 0.2) is 24.3 Å². The van der Waals surface area contributed by atoms with Crippen molar-refractivity contribution in [3.63, 3.8) is 0 Å². The molecule has 0 aliphatic heterocycles. The lowest BCUT2D eigenvalue weighted by Gasteiger charge is -2.14. The van der Waals surface area contributed by atoms with Crippen molar-refractivity contribution in [1.82, 2.24) is 0 Å².